The molecule has 2 heterocycles. The second kappa shape index (κ2) is 9.63. The zero-order valence-electron chi connectivity index (χ0n) is 15.6. The number of aromatic nitrogens is 3. The Morgan fingerprint density at radius 3 is 2.81 bits per heavy atom. The number of fused-ring (bicyclic) bond motifs is 1. The van der Waals surface area contributed by atoms with Crippen molar-refractivity contribution in [3.63, 3.8) is 0 Å². The largest absolute Gasteiger partial charge is 0.356 e. The molecule has 0 amide bonds. The van der Waals surface area contributed by atoms with Gasteiger partial charge < -0.3 is 10.6 Å². The first-order chi connectivity index (χ1) is 12.6. The maximum Gasteiger partial charge on any atom is 0.191 e. The summed E-state index contributed by atoms with van der Waals surface area (Å²) in [6.07, 6.45) is 2.66. The second-order valence-corrected chi connectivity index (χ2v) is 6.17. The topological polar surface area (TPSA) is 66.6 Å². The molecular formula is C19H24FIN6. The normalized spacial score (nSPS) is 12.5. The first-order valence-corrected chi connectivity index (χ1v) is 8.60. The molecule has 0 radical (unpaired) electrons. The van der Waals surface area contributed by atoms with Gasteiger partial charge in [0, 0.05) is 26.2 Å². The van der Waals surface area contributed by atoms with E-state index in [1.165, 1.54) is 0 Å². The van der Waals surface area contributed by atoms with Gasteiger partial charge in [0.05, 0.1) is 6.04 Å². The van der Waals surface area contributed by atoms with Crippen LogP contribution in [0.4, 0.5) is 4.39 Å². The van der Waals surface area contributed by atoms with E-state index in [1.54, 1.807) is 26.1 Å². The van der Waals surface area contributed by atoms with Crippen LogP contribution in [0, 0.1) is 12.7 Å². The summed E-state index contributed by atoms with van der Waals surface area (Å²) < 4.78 is 15.7. The zero-order valence-corrected chi connectivity index (χ0v) is 17.9. The van der Waals surface area contributed by atoms with Crippen molar-refractivity contribution in [1.82, 2.24) is 25.2 Å². The third kappa shape index (κ3) is 5.15. The van der Waals surface area contributed by atoms with Crippen LogP contribution >= 0.6 is 24.0 Å². The van der Waals surface area contributed by atoms with Gasteiger partial charge >= 0.3 is 0 Å². The molecule has 0 bridgehead atoms. The monoisotopic (exact) mass is 482 g/mol. The Morgan fingerprint density at radius 2 is 2.07 bits per heavy atom. The minimum Gasteiger partial charge on any atom is -0.356 e. The van der Waals surface area contributed by atoms with Crippen molar-refractivity contribution in [1.29, 1.82) is 0 Å². The smallest absolute Gasteiger partial charge is 0.191 e. The predicted octanol–water partition coefficient (Wildman–Crippen LogP) is 3.26. The van der Waals surface area contributed by atoms with Gasteiger partial charge in [-0.25, -0.2) is 4.39 Å². The average Bonchev–Trinajstić information content (AvgIpc) is 3.06. The van der Waals surface area contributed by atoms with E-state index >= 15 is 0 Å². The van der Waals surface area contributed by atoms with E-state index in [0.29, 0.717) is 24.5 Å². The lowest BCUT2D eigenvalue weighted by molar-refractivity contribution is 0.607. The highest BCUT2D eigenvalue weighted by Gasteiger charge is 2.10. The van der Waals surface area contributed by atoms with Crippen LogP contribution in [0.2, 0.25) is 0 Å². The van der Waals surface area contributed by atoms with E-state index in [1.807, 2.05) is 41.8 Å². The number of rotatable bonds is 5. The number of aliphatic imine (C=N–C) groups is 1. The summed E-state index contributed by atoms with van der Waals surface area (Å²) in [4.78, 5) is 4.23. The summed E-state index contributed by atoms with van der Waals surface area (Å²) in [5, 5.41) is 14.9. The molecule has 3 aromatic rings. The van der Waals surface area contributed by atoms with Crippen molar-refractivity contribution < 1.29 is 4.39 Å². The lowest BCUT2D eigenvalue weighted by Gasteiger charge is -2.18. The number of nitrogens with one attached hydrogen (secondary N) is 2. The number of halogens is 2. The Labute approximate surface area is 175 Å². The minimum atomic E-state index is -0.196. The Balaban J connectivity index is 0.00000261. The number of guanidine groups is 1. The highest BCUT2D eigenvalue weighted by molar-refractivity contribution is 14.0. The Hall–Kier alpha value is -2.23. The number of aryl methyl sites for hydroxylation is 1. The van der Waals surface area contributed by atoms with Gasteiger partial charge in [-0.2, -0.15) is 0 Å². The fourth-order valence-corrected chi connectivity index (χ4v) is 2.72. The van der Waals surface area contributed by atoms with E-state index < -0.39 is 0 Å². The molecule has 0 aliphatic rings. The van der Waals surface area contributed by atoms with E-state index in [2.05, 4.69) is 25.8 Å². The quantitative estimate of drug-likeness (QED) is 0.333. The molecule has 1 unspecified atom stereocenters. The standard InChI is InChI=1S/C19H23FN6.HI/c1-13-7-8-15(12-16(13)20)14(2)23-19(21-3)22-10-9-18-25-24-17-6-4-5-11-26(17)18;/h4-8,11-12,14H,9-10H2,1-3H3,(H2,21,22,23);1H. The summed E-state index contributed by atoms with van der Waals surface area (Å²) in [6, 6.07) is 11.0. The highest BCUT2D eigenvalue weighted by Crippen LogP contribution is 2.16. The maximum atomic E-state index is 13.8. The van der Waals surface area contributed by atoms with Crippen LogP contribution in [0.3, 0.4) is 0 Å². The minimum absolute atomic E-state index is 0. The second-order valence-electron chi connectivity index (χ2n) is 6.17. The third-order valence-electron chi connectivity index (χ3n) is 4.30. The molecule has 2 aromatic heterocycles. The maximum absolute atomic E-state index is 13.8. The van der Waals surface area contributed by atoms with Gasteiger partial charge in [0.15, 0.2) is 11.6 Å². The molecule has 2 N–H and O–H groups in total. The van der Waals surface area contributed by atoms with E-state index in [-0.39, 0.29) is 35.8 Å². The van der Waals surface area contributed by atoms with Gasteiger partial charge in [0.1, 0.15) is 11.6 Å². The summed E-state index contributed by atoms with van der Waals surface area (Å²) in [6.45, 7) is 4.39. The van der Waals surface area contributed by atoms with Crippen LogP contribution in [-0.4, -0.2) is 34.2 Å². The van der Waals surface area contributed by atoms with Crippen LogP contribution in [0.15, 0.2) is 47.6 Å². The van der Waals surface area contributed by atoms with E-state index in [0.717, 1.165) is 17.0 Å². The molecule has 0 spiro atoms. The molecule has 0 aliphatic carbocycles. The fraction of sp³-hybridized carbons (Fsp3) is 0.316. The third-order valence-corrected chi connectivity index (χ3v) is 4.30. The molecule has 3 rings (SSSR count). The Kier molecular flexibility index (Phi) is 7.52. The summed E-state index contributed by atoms with van der Waals surface area (Å²) in [7, 11) is 1.71. The number of pyridine rings is 1. The molecular weight excluding hydrogens is 458 g/mol. The van der Waals surface area contributed by atoms with Crippen molar-refractivity contribution in [3.05, 3.63) is 65.4 Å². The number of hydrogen-bond donors (Lipinski definition) is 2. The zero-order chi connectivity index (χ0) is 18.5. The average molecular weight is 482 g/mol. The molecule has 144 valence electrons. The van der Waals surface area contributed by atoms with Crippen molar-refractivity contribution in [2.75, 3.05) is 13.6 Å². The molecule has 27 heavy (non-hydrogen) atoms. The Morgan fingerprint density at radius 1 is 1.26 bits per heavy atom. The van der Waals surface area contributed by atoms with Gasteiger partial charge in [-0.3, -0.25) is 9.39 Å². The lowest BCUT2D eigenvalue weighted by atomic mass is 10.1. The number of benzene rings is 1. The molecule has 8 heteroatoms. The predicted molar refractivity (Wildman–Crippen MR) is 116 cm³/mol. The van der Waals surface area contributed by atoms with Gasteiger partial charge in [-0.05, 0) is 43.2 Å². The lowest BCUT2D eigenvalue weighted by Crippen LogP contribution is -2.39. The summed E-state index contributed by atoms with van der Waals surface area (Å²) in [5.41, 5.74) is 2.35. The molecule has 1 atom stereocenters. The van der Waals surface area contributed by atoms with Gasteiger partial charge in [0.2, 0.25) is 0 Å². The molecule has 0 fully saturated rings. The van der Waals surface area contributed by atoms with Crippen molar-refractivity contribution in [2.45, 2.75) is 26.3 Å². The van der Waals surface area contributed by atoms with Crippen LogP contribution in [0.25, 0.3) is 5.65 Å². The van der Waals surface area contributed by atoms with Gasteiger partial charge in [-0.1, -0.05) is 18.2 Å². The van der Waals surface area contributed by atoms with Crippen LogP contribution in [-0.2, 0) is 6.42 Å². The first-order valence-electron chi connectivity index (χ1n) is 8.60. The van der Waals surface area contributed by atoms with Crippen molar-refractivity contribution in [2.24, 2.45) is 4.99 Å². The number of nitrogens with zero attached hydrogens (tertiary/aromatic N) is 4. The molecule has 0 saturated carbocycles. The van der Waals surface area contributed by atoms with Crippen LogP contribution < -0.4 is 10.6 Å². The van der Waals surface area contributed by atoms with Crippen LogP contribution in [0.1, 0.15) is 29.9 Å². The van der Waals surface area contributed by atoms with Gasteiger partial charge in [0.25, 0.3) is 0 Å². The van der Waals surface area contributed by atoms with Gasteiger partial charge in [-0.15, -0.1) is 34.2 Å². The van der Waals surface area contributed by atoms with Crippen LogP contribution in [0.5, 0.6) is 0 Å². The van der Waals surface area contributed by atoms with Crippen molar-refractivity contribution >= 4 is 35.6 Å². The van der Waals surface area contributed by atoms with E-state index in [4.69, 9.17) is 0 Å². The molecule has 1 aromatic carbocycles. The summed E-state index contributed by atoms with van der Waals surface area (Å²) >= 11 is 0. The first kappa shape index (κ1) is 21.1. The molecule has 6 nitrogen and oxygen atoms in total. The SMILES string of the molecule is CN=C(NCCc1nnc2ccccn12)NC(C)c1ccc(C)c(F)c1.I. The fourth-order valence-electron chi connectivity index (χ4n) is 2.72. The molecule has 0 saturated heterocycles. The molecule has 0 aliphatic heterocycles. The highest BCUT2D eigenvalue weighted by atomic mass is 127. The van der Waals surface area contributed by atoms with E-state index in [9.17, 15) is 4.39 Å². The summed E-state index contributed by atoms with van der Waals surface area (Å²) in [5.74, 6) is 1.35. The number of hydrogen-bond acceptors (Lipinski definition) is 3. The van der Waals surface area contributed by atoms with Crippen molar-refractivity contribution in [3.8, 4) is 0 Å². The Bertz CT molecular complexity index is 923.